The minimum absolute atomic E-state index is 0.162. The first-order valence-corrected chi connectivity index (χ1v) is 7.72. The number of amides is 1. The lowest BCUT2D eigenvalue weighted by molar-refractivity contribution is -0.121. The average Bonchev–Trinajstić information content (AvgIpc) is 3.09. The van der Waals surface area contributed by atoms with Crippen LogP contribution in [0.2, 0.25) is 0 Å². The zero-order chi connectivity index (χ0) is 14.7. The molecule has 1 aliphatic rings. The first-order chi connectivity index (χ1) is 10.2. The summed E-state index contributed by atoms with van der Waals surface area (Å²) in [6, 6.07) is 8.23. The van der Waals surface area contributed by atoms with E-state index >= 15 is 0 Å². The van der Waals surface area contributed by atoms with Crippen LogP contribution in [0.3, 0.4) is 0 Å². The second-order valence-electron chi connectivity index (χ2n) is 6.08. The van der Waals surface area contributed by atoms with Crippen molar-refractivity contribution in [1.29, 1.82) is 0 Å². The molecule has 0 radical (unpaired) electrons. The standard InChI is InChI=1S/C17H23N3O/c1-20-9-8-13(12-20)10-19-17(21)7-6-14-11-18-16-5-3-2-4-15(14)16/h2-5,11,13,18H,6-10,12H2,1H3,(H,19,21). The smallest absolute Gasteiger partial charge is 0.220 e. The normalized spacial score (nSPS) is 19.2. The van der Waals surface area contributed by atoms with Gasteiger partial charge in [-0.05, 0) is 44.0 Å². The topological polar surface area (TPSA) is 48.1 Å². The number of carbonyl (C=O) groups excluding carboxylic acids is 1. The minimum Gasteiger partial charge on any atom is -0.361 e. The monoisotopic (exact) mass is 285 g/mol. The van der Waals surface area contributed by atoms with Gasteiger partial charge in [0.05, 0.1) is 0 Å². The maximum atomic E-state index is 12.0. The van der Waals surface area contributed by atoms with Gasteiger partial charge in [0.25, 0.3) is 0 Å². The number of rotatable bonds is 5. The lowest BCUT2D eigenvalue weighted by Crippen LogP contribution is -2.30. The van der Waals surface area contributed by atoms with Crippen molar-refractivity contribution in [3.05, 3.63) is 36.0 Å². The van der Waals surface area contributed by atoms with Gasteiger partial charge in [-0.1, -0.05) is 18.2 Å². The van der Waals surface area contributed by atoms with Crippen LogP contribution in [0.15, 0.2) is 30.5 Å². The Hall–Kier alpha value is -1.81. The summed E-state index contributed by atoms with van der Waals surface area (Å²) in [5, 5.41) is 4.30. The number of aromatic amines is 1. The molecule has 3 rings (SSSR count). The number of nitrogens with one attached hydrogen (secondary N) is 2. The minimum atomic E-state index is 0.162. The molecule has 1 aromatic carbocycles. The van der Waals surface area contributed by atoms with Gasteiger partial charge < -0.3 is 15.2 Å². The highest BCUT2D eigenvalue weighted by Gasteiger charge is 2.19. The fraction of sp³-hybridized carbons (Fsp3) is 0.471. The number of nitrogens with zero attached hydrogens (tertiary/aromatic N) is 1. The Bertz CT molecular complexity index is 619. The molecule has 2 aromatic rings. The van der Waals surface area contributed by atoms with E-state index < -0.39 is 0 Å². The molecule has 4 heteroatoms. The van der Waals surface area contributed by atoms with E-state index in [1.165, 1.54) is 17.4 Å². The predicted octanol–water partition coefficient (Wildman–Crippen LogP) is 2.17. The molecular formula is C17H23N3O. The SMILES string of the molecule is CN1CCC(CNC(=O)CCc2c[nH]c3ccccc23)C1. The van der Waals surface area contributed by atoms with Crippen LogP contribution >= 0.6 is 0 Å². The van der Waals surface area contributed by atoms with E-state index in [-0.39, 0.29) is 5.91 Å². The lowest BCUT2D eigenvalue weighted by atomic mass is 10.1. The fourth-order valence-electron chi connectivity index (χ4n) is 3.13. The molecule has 0 aliphatic carbocycles. The van der Waals surface area contributed by atoms with Crippen LogP contribution in [0.4, 0.5) is 0 Å². The second kappa shape index (κ2) is 6.31. The van der Waals surface area contributed by atoms with Gasteiger partial charge in [0.1, 0.15) is 0 Å². The molecule has 1 aliphatic heterocycles. The molecule has 21 heavy (non-hydrogen) atoms. The molecular weight excluding hydrogens is 262 g/mol. The van der Waals surface area contributed by atoms with Crippen LogP contribution < -0.4 is 5.32 Å². The number of benzene rings is 1. The highest BCUT2D eigenvalue weighted by Crippen LogP contribution is 2.19. The van der Waals surface area contributed by atoms with E-state index in [1.807, 2.05) is 18.3 Å². The van der Waals surface area contributed by atoms with Crippen molar-refractivity contribution in [2.75, 3.05) is 26.7 Å². The Kier molecular flexibility index (Phi) is 4.25. The fourth-order valence-corrected chi connectivity index (χ4v) is 3.13. The van der Waals surface area contributed by atoms with Gasteiger partial charge >= 0.3 is 0 Å². The first-order valence-electron chi connectivity index (χ1n) is 7.72. The number of para-hydroxylation sites is 1. The average molecular weight is 285 g/mol. The van der Waals surface area contributed by atoms with Crippen molar-refractivity contribution in [2.24, 2.45) is 5.92 Å². The largest absolute Gasteiger partial charge is 0.361 e. The Morgan fingerprint density at radius 2 is 2.29 bits per heavy atom. The summed E-state index contributed by atoms with van der Waals surface area (Å²) in [4.78, 5) is 17.6. The second-order valence-corrected chi connectivity index (χ2v) is 6.08. The van der Waals surface area contributed by atoms with Gasteiger partial charge in [0.15, 0.2) is 0 Å². The van der Waals surface area contributed by atoms with Crippen molar-refractivity contribution in [3.8, 4) is 0 Å². The van der Waals surface area contributed by atoms with Gasteiger partial charge in [-0.15, -0.1) is 0 Å². The highest BCUT2D eigenvalue weighted by atomic mass is 16.1. The number of aromatic nitrogens is 1. The summed E-state index contributed by atoms with van der Waals surface area (Å²) in [7, 11) is 2.14. The molecule has 0 saturated carbocycles. The first kappa shape index (κ1) is 14.1. The molecule has 1 fully saturated rings. The quantitative estimate of drug-likeness (QED) is 0.884. The molecule has 112 valence electrons. The van der Waals surface area contributed by atoms with E-state index in [9.17, 15) is 4.79 Å². The van der Waals surface area contributed by atoms with Gasteiger partial charge in [0.2, 0.25) is 5.91 Å². The van der Waals surface area contributed by atoms with Crippen molar-refractivity contribution in [1.82, 2.24) is 15.2 Å². The maximum Gasteiger partial charge on any atom is 0.220 e. The lowest BCUT2D eigenvalue weighted by Gasteiger charge is -2.11. The summed E-state index contributed by atoms with van der Waals surface area (Å²) >= 11 is 0. The molecule has 1 amide bonds. The van der Waals surface area contributed by atoms with E-state index in [0.717, 1.165) is 31.6 Å². The number of fused-ring (bicyclic) bond motifs is 1. The third kappa shape index (κ3) is 3.45. The molecule has 0 spiro atoms. The van der Waals surface area contributed by atoms with E-state index in [0.29, 0.717) is 12.3 Å². The van der Waals surface area contributed by atoms with Crippen LogP contribution in [0, 0.1) is 5.92 Å². The third-order valence-electron chi connectivity index (χ3n) is 4.37. The third-order valence-corrected chi connectivity index (χ3v) is 4.37. The van der Waals surface area contributed by atoms with Crippen LogP contribution in [0.25, 0.3) is 10.9 Å². The summed E-state index contributed by atoms with van der Waals surface area (Å²) in [6.07, 6.45) is 4.56. The number of hydrogen-bond donors (Lipinski definition) is 2. The summed E-state index contributed by atoms with van der Waals surface area (Å²) in [5.74, 6) is 0.780. The van der Waals surface area contributed by atoms with Crippen LogP contribution in [-0.2, 0) is 11.2 Å². The number of hydrogen-bond acceptors (Lipinski definition) is 2. The zero-order valence-electron chi connectivity index (χ0n) is 12.6. The van der Waals surface area contributed by atoms with E-state index in [1.54, 1.807) is 0 Å². The molecule has 2 heterocycles. The van der Waals surface area contributed by atoms with Gasteiger partial charge in [-0.25, -0.2) is 0 Å². The van der Waals surface area contributed by atoms with E-state index in [2.05, 4.69) is 34.4 Å². The Morgan fingerprint density at radius 3 is 3.10 bits per heavy atom. The molecule has 1 atom stereocenters. The number of carbonyl (C=O) groups is 1. The van der Waals surface area contributed by atoms with Crippen LogP contribution in [0.5, 0.6) is 0 Å². The Morgan fingerprint density at radius 1 is 1.43 bits per heavy atom. The van der Waals surface area contributed by atoms with Gasteiger partial charge in [0, 0.05) is 36.6 Å². The predicted molar refractivity (Wildman–Crippen MR) is 85.2 cm³/mol. The zero-order valence-corrected chi connectivity index (χ0v) is 12.6. The molecule has 4 nitrogen and oxygen atoms in total. The summed E-state index contributed by atoms with van der Waals surface area (Å²) < 4.78 is 0. The maximum absolute atomic E-state index is 12.0. The Balaban J connectivity index is 1.47. The molecule has 0 bridgehead atoms. The highest BCUT2D eigenvalue weighted by molar-refractivity contribution is 5.84. The van der Waals surface area contributed by atoms with Crippen molar-refractivity contribution < 1.29 is 4.79 Å². The summed E-state index contributed by atoms with van der Waals surface area (Å²) in [6.45, 7) is 3.07. The van der Waals surface area contributed by atoms with Gasteiger partial charge in [-0.3, -0.25) is 4.79 Å². The van der Waals surface area contributed by atoms with Crippen molar-refractivity contribution in [3.63, 3.8) is 0 Å². The Labute approximate surface area is 125 Å². The van der Waals surface area contributed by atoms with Crippen molar-refractivity contribution in [2.45, 2.75) is 19.3 Å². The molecule has 1 unspecified atom stereocenters. The number of likely N-dealkylation sites (tertiary alicyclic amines) is 1. The number of aryl methyl sites for hydroxylation is 1. The molecule has 2 N–H and O–H groups in total. The van der Waals surface area contributed by atoms with Crippen LogP contribution in [0.1, 0.15) is 18.4 Å². The molecule has 1 saturated heterocycles. The van der Waals surface area contributed by atoms with Gasteiger partial charge in [-0.2, -0.15) is 0 Å². The van der Waals surface area contributed by atoms with Crippen LogP contribution in [-0.4, -0.2) is 42.5 Å². The molecule has 1 aromatic heterocycles. The van der Waals surface area contributed by atoms with Crippen molar-refractivity contribution >= 4 is 16.8 Å². The number of H-pyrrole nitrogens is 1. The summed E-state index contributed by atoms with van der Waals surface area (Å²) in [5.41, 5.74) is 2.36. The van der Waals surface area contributed by atoms with E-state index in [4.69, 9.17) is 0 Å².